The van der Waals surface area contributed by atoms with E-state index in [1.54, 1.807) is 17.1 Å². The zero-order valence-electron chi connectivity index (χ0n) is 16.0. The molecule has 0 spiro atoms. The monoisotopic (exact) mass is 393 g/mol. The number of hydrogen-bond acceptors (Lipinski definition) is 3. The number of pyridine rings is 2. The highest BCUT2D eigenvalue weighted by atomic mass is 19.2. The molecule has 1 aliphatic rings. The molecule has 2 atom stereocenters. The molecule has 4 aromatic rings. The average Bonchev–Trinajstić information content (AvgIpc) is 3.40. The molecule has 4 heterocycles. The molecular formula is C22H21F2N5. The van der Waals surface area contributed by atoms with Crippen molar-refractivity contribution in [1.82, 2.24) is 24.1 Å². The van der Waals surface area contributed by atoms with Crippen LogP contribution in [0.5, 0.6) is 0 Å². The zero-order valence-corrected chi connectivity index (χ0v) is 16.0. The van der Waals surface area contributed by atoms with Crippen molar-refractivity contribution < 1.29 is 8.78 Å². The number of fused-ring (bicyclic) bond motifs is 1. The second kappa shape index (κ2) is 7.06. The Kier molecular flexibility index (Phi) is 4.38. The first-order valence-corrected chi connectivity index (χ1v) is 9.78. The number of halogens is 2. The lowest BCUT2D eigenvalue weighted by atomic mass is 10.0. The lowest BCUT2D eigenvalue weighted by molar-refractivity contribution is 0.199. The minimum atomic E-state index is -1.35. The highest BCUT2D eigenvalue weighted by molar-refractivity contribution is 5.81. The van der Waals surface area contributed by atoms with Gasteiger partial charge in [0.1, 0.15) is 18.0 Å². The molecule has 1 saturated carbocycles. The smallest absolute Gasteiger partial charge is 0.137 e. The van der Waals surface area contributed by atoms with Gasteiger partial charge in [-0.2, -0.15) is 5.10 Å². The molecule has 1 fully saturated rings. The lowest BCUT2D eigenvalue weighted by Crippen LogP contribution is -2.08. The van der Waals surface area contributed by atoms with Gasteiger partial charge in [0.05, 0.1) is 17.6 Å². The summed E-state index contributed by atoms with van der Waals surface area (Å²) in [4.78, 5) is 9.13. The molecule has 5 rings (SSSR count). The van der Waals surface area contributed by atoms with E-state index in [1.165, 1.54) is 0 Å². The molecule has 4 aromatic heterocycles. The van der Waals surface area contributed by atoms with Gasteiger partial charge >= 0.3 is 0 Å². The molecule has 0 amide bonds. The summed E-state index contributed by atoms with van der Waals surface area (Å²) in [6.07, 6.45) is 7.28. The Morgan fingerprint density at radius 3 is 2.76 bits per heavy atom. The van der Waals surface area contributed by atoms with E-state index in [2.05, 4.69) is 15.1 Å². The number of alkyl halides is 2. The Morgan fingerprint density at radius 2 is 1.93 bits per heavy atom. The predicted molar refractivity (Wildman–Crippen MR) is 107 cm³/mol. The largest absolute Gasteiger partial charge is 0.307 e. The zero-order chi connectivity index (χ0) is 20.0. The maximum atomic E-state index is 13.5. The van der Waals surface area contributed by atoms with Gasteiger partial charge in [-0.05, 0) is 43.9 Å². The highest BCUT2D eigenvalue weighted by Crippen LogP contribution is 2.33. The molecule has 0 unspecified atom stereocenters. The maximum absolute atomic E-state index is 13.5. The van der Waals surface area contributed by atoms with Crippen LogP contribution in [0.1, 0.15) is 18.5 Å². The standard InChI is InChI=1S/C22H21F2N5/c1-14-11-28-6-4-16(9-21(28)27-14)22-18(3-2-5-25-22)17-10-26-29(13-17)12-15-7-19(23)20(24)8-15/h2-6,9-11,13,15,19-20H,7-8,12H2,1H3/t19-,20-/m1/s1. The summed E-state index contributed by atoms with van der Waals surface area (Å²) in [5, 5.41) is 4.42. The van der Waals surface area contributed by atoms with Crippen LogP contribution in [0.2, 0.25) is 0 Å². The van der Waals surface area contributed by atoms with E-state index >= 15 is 0 Å². The number of imidazole rings is 1. The second-order valence-corrected chi connectivity index (χ2v) is 7.78. The van der Waals surface area contributed by atoms with Gasteiger partial charge in [0, 0.05) is 48.0 Å². The van der Waals surface area contributed by atoms with E-state index in [0.717, 1.165) is 33.7 Å². The predicted octanol–water partition coefficient (Wildman–Crippen LogP) is 4.65. The van der Waals surface area contributed by atoms with E-state index in [0.29, 0.717) is 6.54 Å². The van der Waals surface area contributed by atoms with Gasteiger partial charge in [-0.1, -0.05) is 6.07 Å². The molecule has 29 heavy (non-hydrogen) atoms. The van der Waals surface area contributed by atoms with Crippen LogP contribution in [-0.2, 0) is 6.54 Å². The van der Waals surface area contributed by atoms with Crippen molar-refractivity contribution in [2.45, 2.75) is 38.7 Å². The minimum Gasteiger partial charge on any atom is -0.307 e. The van der Waals surface area contributed by atoms with Crippen LogP contribution in [0.25, 0.3) is 28.0 Å². The van der Waals surface area contributed by atoms with Crippen molar-refractivity contribution in [3.05, 3.63) is 60.9 Å². The maximum Gasteiger partial charge on any atom is 0.137 e. The number of aryl methyl sites for hydroxylation is 1. The van der Waals surface area contributed by atoms with Crippen molar-refractivity contribution in [2.75, 3.05) is 0 Å². The molecule has 7 heteroatoms. The Labute approximate surface area is 167 Å². The molecular weight excluding hydrogens is 372 g/mol. The summed E-state index contributed by atoms with van der Waals surface area (Å²) in [5.74, 6) is -0.0211. The summed E-state index contributed by atoms with van der Waals surface area (Å²) in [6.45, 7) is 2.49. The van der Waals surface area contributed by atoms with E-state index in [-0.39, 0.29) is 18.8 Å². The van der Waals surface area contributed by atoms with Crippen LogP contribution in [0, 0.1) is 12.8 Å². The van der Waals surface area contributed by atoms with Crippen LogP contribution in [0.15, 0.2) is 55.2 Å². The molecule has 0 aromatic carbocycles. The van der Waals surface area contributed by atoms with E-state index < -0.39 is 12.3 Å². The normalized spacial score (nSPS) is 20.0. The fourth-order valence-corrected chi connectivity index (χ4v) is 4.17. The molecule has 148 valence electrons. The van der Waals surface area contributed by atoms with Gasteiger partial charge in [-0.3, -0.25) is 9.67 Å². The van der Waals surface area contributed by atoms with E-state index in [4.69, 9.17) is 0 Å². The Balaban J connectivity index is 1.45. The number of aromatic nitrogens is 5. The van der Waals surface area contributed by atoms with Gasteiger partial charge in [0.15, 0.2) is 0 Å². The van der Waals surface area contributed by atoms with Gasteiger partial charge in [0.2, 0.25) is 0 Å². The average molecular weight is 393 g/mol. The van der Waals surface area contributed by atoms with Gasteiger partial charge in [0.25, 0.3) is 0 Å². The summed E-state index contributed by atoms with van der Waals surface area (Å²) in [6, 6.07) is 7.94. The third-order valence-corrected chi connectivity index (χ3v) is 5.56. The van der Waals surface area contributed by atoms with Crippen LogP contribution in [0.4, 0.5) is 8.78 Å². The molecule has 1 aliphatic carbocycles. The quantitative estimate of drug-likeness (QED) is 0.507. The molecule has 0 bridgehead atoms. The highest BCUT2D eigenvalue weighted by Gasteiger charge is 2.34. The summed E-state index contributed by atoms with van der Waals surface area (Å²) in [7, 11) is 0. The van der Waals surface area contributed by atoms with E-state index in [9.17, 15) is 8.78 Å². The van der Waals surface area contributed by atoms with Crippen molar-refractivity contribution in [1.29, 1.82) is 0 Å². The molecule has 0 N–H and O–H groups in total. The molecule has 0 saturated heterocycles. The Bertz CT molecular complexity index is 1150. The van der Waals surface area contributed by atoms with E-state index in [1.807, 2.05) is 54.2 Å². The van der Waals surface area contributed by atoms with Crippen LogP contribution in [0.3, 0.4) is 0 Å². The lowest BCUT2D eigenvalue weighted by Gasteiger charge is -2.09. The Hall–Kier alpha value is -3.09. The van der Waals surface area contributed by atoms with Crippen molar-refractivity contribution in [2.24, 2.45) is 5.92 Å². The van der Waals surface area contributed by atoms with Crippen molar-refractivity contribution >= 4 is 5.65 Å². The van der Waals surface area contributed by atoms with Crippen molar-refractivity contribution in [3.63, 3.8) is 0 Å². The first-order valence-electron chi connectivity index (χ1n) is 9.78. The topological polar surface area (TPSA) is 48.0 Å². The number of rotatable bonds is 4. The third kappa shape index (κ3) is 3.41. The molecule has 0 radical (unpaired) electrons. The molecule has 0 aliphatic heterocycles. The fourth-order valence-electron chi connectivity index (χ4n) is 4.17. The number of nitrogens with zero attached hydrogens (tertiary/aromatic N) is 5. The molecule has 5 nitrogen and oxygen atoms in total. The van der Waals surface area contributed by atoms with Crippen LogP contribution < -0.4 is 0 Å². The van der Waals surface area contributed by atoms with Crippen LogP contribution in [-0.4, -0.2) is 36.5 Å². The summed E-state index contributed by atoms with van der Waals surface area (Å²) < 4.78 is 30.7. The summed E-state index contributed by atoms with van der Waals surface area (Å²) >= 11 is 0. The van der Waals surface area contributed by atoms with Crippen LogP contribution >= 0.6 is 0 Å². The Morgan fingerprint density at radius 1 is 1.10 bits per heavy atom. The summed E-state index contributed by atoms with van der Waals surface area (Å²) in [5.41, 5.74) is 5.55. The van der Waals surface area contributed by atoms with Gasteiger partial charge in [-0.25, -0.2) is 13.8 Å². The number of hydrogen-bond donors (Lipinski definition) is 0. The first-order chi connectivity index (χ1) is 14.1. The third-order valence-electron chi connectivity index (χ3n) is 5.56. The first kappa shape index (κ1) is 18.0. The van der Waals surface area contributed by atoms with Gasteiger partial charge < -0.3 is 4.40 Å². The SMILES string of the molecule is Cc1cn2ccc(-c3ncccc3-c3cnn(CC4C[C@@H](F)[C@H](F)C4)c3)cc2n1. The van der Waals surface area contributed by atoms with Crippen molar-refractivity contribution in [3.8, 4) is 22.4 Å². The second-order valence-electron chi connectivity index (χ2n) is 7.78. The minimum absolute atomic E-state index is 0.0211. The van der Waals surface area contributed by atoms with Gasteiger partial charge in [-0.15, -0.1) is 0 Å². The fraction of sp³-hybridized carbons (Fsp3) is 0.318.